The first-order chi connectivity index (χ1) is 13.4. The Morgan fingerprint density at radius 1 is 1.29 bits per heavy atom. The van der Waals surface area contributed by atoms with E-state index in [4.69, 9.17) is 25.8 Å². The lowest BCUT2D eigenvalue weighted by Crippen LogP contribution is -2.21. The van der Waals surface area contributed by atoms with E-state index in [1.165, 1.54) is 24.3 Å². The van der Waals surface area contributed by atoms with Crippen LogP contribution < -0.4 is 14.8 Å². The van der Waals surface area contributed by atoms with Gasteiger partial charge in [0.25, 0.3) is 0 Å². The third-order valence-electron chi connectivity index (χ3n) is 3.79. The fraction of sp³-hybridized carbons (Fsp3) is 0.263. The highest BCUT2D eigenvalue weighted by Crippen LogP contribution is 2.39. The van der Waals surface area contributed by atoms with Gasteiger partial charge < -0.3 is 19.5 Å². The number of hydrogen-bond acceptors (Lipinski definition) is 6. The van der Waals surface area contributed by atoms with E-state index >= 15 is 0 Å². The van der Waals surface area contributed by atoms with E-state index < -0.39 is 11.2 Å². The Morgan fingerprint density at radius 3 is 2.79 bits per heavy atom. The lowest BCUT2D eigenvalue weighted by Gasteiger charge is -2.12. The molecule has 0 aromatic heterocycles. The van der Waals surface area contributed by atoms with Crippen LogP contribution >= 0.6 is 23.4 Å². The highest BCUT2D eigenvalue weighted by atomic mass is 35.5. The SMILES string of the molecule is CC(SCC(=O)Nc1ccc(F)cc1)C(=O)OCc1cc(Cl)c2c(c1)OCO2. The van der Waals surface area contributed by atoms with Gasteiger partial charge in [-0.1, -0.05) is 11.6 Å². The Morgan fingerprint density at radius 2 is 2.04 bits per heavy atom. The number of esters is 1. The lowest BCUT2D eigenvalue weighted by molar-refractivity contribution is -0.143. The van der Waals surface area contributed by atoms with Gasteiger partial charge in [0.1, 0.15) is 17.7 Å². The normalized spacial score (nSPS) is 13.1. The quantitative estimate of drug-likeness (QED) is 0.675. The zero-order valence-electron chi connectivity index (χ0n) is 14.9. The molecule has 1 aliphatic rings. The first kappa shape index (κ1) is 20.3. The van der Waals surface area contributed by atoms with E-state index in [0.29, 0.717) is 27.8 Å². The molecular weight excluding hydrogens is 409 g/mol. The molecule has 0 aliphatic carbocycles. The molecule has 2 aromatic carbocycles. The Kier molecular flexibility index (Phi) is 6.64. The van der Waals surface area contributed by atoms with Crippen molar-refractivity contribution in [2.45, 2.75) is 18.8 Å². The summed E-state index contributed by atoms with van der Waals surface area (Å²) in [5.41, 5.74) is 1.16. The van der Waals surface area contributed by atoms with Crippen molar-refractivity contribution < 1.29 is 28.2 Å². The third-order valence-corrected chi connectivity index (χ3v) is 5.19. The number of halogens is 2. The number of benzene rings is 2. The van der Waals surface area contributed by atoms with Gasteiger partial charge in [-0.2, -0.15) is 0 Å². The number of anilines is 1. The second-order valence-corrected chi connectivity index (χ2v) is 7.66. The number of carbonyl (C=O) groups is 2. The molecule has 1 amide bonds. The molecule has 1 heterocycles. The molecule has 6 nitrogen and oxygen atoms in total. The molecule has 2 aromatic rings. The van der Waals surface area contributed by atoms with Gasteiger partial charge in [-0.25, -0.2) is 4.39 Å². The predicted molar refractivity (Wildman–Crippen MR) is 104 cm³/mol. The summed E-state index contributed by atoms with van der Waals surface area (Å²) in [5.74, 6) is -0.0744. The molecule has 0 fully saturated rings. The molecule has 0 saturated carbocycles. The van der Waals surface area contributed by atoms with E-state index in [2.05, 4.69) is 5.32 Å². The van der Waals surface area contributed by atoms with Crippen molar-refractivity contribution in [2.24, 2.45) is 0 Å². The number of rotatable bonds is 7. The standard InChI is InChI=1S/C19H17ClFNO5S/c1-11(28-9-17(23)22-14-4-2-13(21)3-5-14)19(24)25-8-12-6-15(20)18-16(7-12)26-10-27-18/h2-7,11H,8-10H2,1H3,(H,22,23). The fourth-order valence-electron chi connectivity index (χ4n) is 2.37. The summed E-state index contributed by atoms with van der Waals surface area (Å²) >= 11 is 7.24. The zero-order chi connectivity index (χ0) is 20.1. The Balaban J connectivity index is 1.44. The molecule has 1 atom stereocenters. The van der Waals surface area contributed by atoms with Crippen LogP contribution in [0.5, 0.6) is 11.5 Å². The van der Waals surface area contributed by atoms with Crippen LogP contribution in [0, 0.1) is 5.82 Å². The summed E-state index contributed by atoms with van der Waals surface area (Å²) in [5, 5.41) is 2.48. The number of carbonyl (C=O) groups excluding carboxylic acids is 2. The van der Waals surface area contributed by atoms with Crippen molar-refractivity contribution in [3.63, 3.8) is 0 Å². The smallest absolute Gasteiger partial charge is 0.319 e. The topological polar surface area (TPSA) is 73.9 Å². The van der Waals surface area contributed by atoms with Crippen LogP contribution in [0.4, 0.5) is 10.1 Å². The molecule has 0 bridgehead atoms. The van der Waals surface area contributed by atoms with Gasteiger partial charge in [-0.3, -0.25) is 9.59 Å². The maximum absolute atomic E-state index is 12.9. The number of fused-ring (bicyclic) bond motifs is 1. The monoisotopic (exact) mass is 425 g/mol. The minimum Gasteiger partial charge on any atom is -0.460 e. The number of thioether (sulfide) groups is 1. The van der Waals surface area contributed by atoms with Gasteiger partial charge in [0, 0.05) is 5.69 Å². The summed E-state index contributed by atoms with van der Waals surface area (Å²) < 4.78 is 28.6. The van der Waals surface area contributed by atoms with Crippen molar-refractivity contribution in [2.75, 3.05) is 17.9 Å². The molecule has 3 rings (SSSR count). The molecule has 0 saturated heterocycles. The van der Waals surface area contributed by atoms with E-state index in [-0.39, 0.29) is 30.9 Å². The van der Waals surface area contributed by atoms with Crippen LogP contribution in [0.15, 0.2) is 36.4 Å². The van der Waals surface area contributed by atoms with Crippen LogP contribution in [-0.2, 0) is 20.9 Å². The highest BCUT2D eigenvalue weighted by molar-refractivity contribution is 8.01. The van der Waals surface area contributed by atoms with Gasteiger partial charge in [0.2, 0.25) is 12.7 Å². The van der Waals surface area contributed by atoms with Crippen LogP contribution in [0.3, 0.4) is 0 Å². The average molecular weight is 426 g/mol. The van der Waals surface area contributed by atoms with Gasteiger partial charge in [-0.15, -0.1) is 11.8 Å². The maximum atomic E-state index is 12.9. The predicted octanol–water partition coefficient (Wildman–Crippen LogP) is 4.01. The molecule has 0 radical (unpaired) electrons. The minimum atomic E-state index is -0.538. The van der Waals surface area contributed by atoms with Crippen LogP contribution in [-0.4, -0.2) is 29.7 Å². The summed E-state index contributed by atoms with van der Waals surface area (Å²) in [6.45, 7) is 1.79. The number of amides is 1. The Labute approximate surface area is 170 Å². The first-order valence-corrected chi connectivity index (χ1v) is 9.76. The Bertz CT molecular complexity index is 877. The number of ether oxygens (including phenoxy) is 3. The molecule has 9 heteroatoms. The molecule has 0 spiro atoms. The van der Waals surface area contributed by atoms with Gasteiger partial charge in [0.15, 0.2) is 11.5 Å². The number of nitrogens with one attached hydrogen (secondary N) is 1. The first-order valence-electron chi connectivity index (χ1n) is 8.34. The average Bonchev–Trinajstić information content (AvgIpc) is 3.15. The van der Waals surface area contributed by atoms with Crippen molar-refractivity contribution in [1.29, 1.82) is 0 Å². The second kappa shape index (κ2) is 9.16. The van der Waals surface area contributed by atoms with Crippen molar-refractivity contribution in [1.82, 2.24) is 0 Å². The van der Waals surface area contributed by atoms with Crippen LogP contribution in [0.25, 0.3) is 0 Å². The number of hydrogen-bond donors (Lipinski definition) is 1. The summed E-state index contributed by atoms with van der Waals surface area (Å²) in [6, 6.07) is 8.79. The van der Waals surface area contributed by atoms with E-state index in [1.807, 2.05) is 0 Å². The van der Waals surface area contributed by atoms with Crippen molar-refractivity contribution in [3.05, 3.63) is 52.8 Å². The third kappa shape index (κ3) is 5.30. The molecular formula is C19H17ClFNO5S. The molecule has 28 heavy (non-hydrogen) atoms. The summed E-state index contributed by atoms with van der Waals surface area (Å²) in [6.07, 6.45) is 0. The summed E-state index contributed by atoms with van der Waals surface area (Å²) in [7, 11) is 0. The molecule has 1 unspecified atom stereocenters. The Hall–Kier alpha value is -2.45. The second-order valence-electron chi connectivity index (χ2n) is 5.93. The highest BCUT2D eigenvalue weighted by Gasteiger charge is 2.20. The lowest BCUT2D eigenvalue weighted by atomic mass is 10.2. The van der Waals surface area contributed by atoms with Crippen molar-refractivity contribution >= 4 is 40.9 Å². The minimum absolute atomic E-state index is 0.0296. The largest absolute Gasteiger partial charge is 0.460 e. The van der Waals surface area contributed by atoms with E-state index in [0.717, 1.165) is 11.8 Å². The molecule has 148 valence electrons. The van der Waals surface area contributed by atoms with E-state index in [9.17, 15) is 14.0 Å². The fourth-order valence-corrected chi connectivity index (χ4v) is 3.34. The van der Waals surface area contributed by atoms with Crippen LogP contribution in [0.2, 0.25) is 5.02 Å². The van der Waals surface area contributed by atoms with E-state index in [1.54, 1.807) is 19.1 Å². The summed E-state index contributed by atoms with van der Waals surface area (Å²) in [4.78, 5) is 24.1. The van der Waals surface area contributed by atoms with Gasteiger partial charge in [0.05, 0.1) is 10.8 Å². The zero-order valence-corrected chi connectivity index (χ0v) is 16.4. The van der Waals surface area contributed by atoms with Crippen LogP contribution in [0.1, 0.15) is 12.5 Å². The van der Waals surface area contributed by atoms with Crippen molar-refractivity contribution in [3.8, 4) is 11.5 Å². The molecule has 1 N–H and O–H groups in total. The maximum Gasteiger partial charge on any atom is 0.319 e. The van der Waals surface area contributed by atoms with Gasteiger partial charge in [-0.05, 0) is 48.9 Å². The molecule has 1 aliphatic heterocycles. The van der Waals surface area contributed by atoms with Gasteiger partial charge >= 0.3 is 5.97 Å².